The van der Waals surface area contributed by atoms with Crippen molar-refractivity contribution in [2.45, 2.75) is 23.6 Å². The molecule has 0 fully saturated rings. The number of anilines is 4. The van der Waals surface area contributed by atoms with Crippen molar-refractivity contribution < 1.29 is 26.4 Å². The summed E-state index contributed by atoms with van der Waals surface area (Å²) in [5.41, 5.74) is 24.9. The zero-order valence-corrected chi connectivity index (χ0v) is 27.2. The Morgan fingerprint density at radius 2 is 0.854 bits per heavy atom. The van der Waals surface area contributed by atoms with Gasteiger partial charge in [0.15, 0.2) is 0 Å². The maximum Gasteiger partial charge on any atom is 0.323 e. The fraction of sp³-hybridized carbons (Fsp3) is 0.0667. The third kappa shape index (κ3) is 8.56. The van der Waals surface area contributed by atoms with Gasteiger partial charge in [0.25, 0.3) is 20.0 Å². The van der Waals surface area contributed by atoms with Crippen molar-refractivity contribution in [3.05, 3.63) is 96.1 Å². The Hall–Kier alpha value is -6.14. The summed E-state index contributed by atoms with van der Waals surface area (Å²) in [6.07, 6.45) is 0. The number of nitrogens with two attached hydrogens (primary N) is 4. The fourth-order valence-corrected chi connectivity index (χ4v) is 6.53. The molecule has 4 rings (SSSR count). The average molecular weight is 693 g/mol. The van der Waals surface area contributed by atoms with Crippen LogP contribution < -0.4 is 44.2 Å². The van der Waals surface area contributed by atoms with Crippen LogP contribution in [0.2, 0.25) is 0 Å². The minimum absolute atomic E-state index is 0.0210. The van der Waals surface area contributed by atoms with Gasteiger partial charge in [-0.25, -0.2) is 9.59 Å². The van der Waals surface area contributed by atoms with Crippen LogP contribution in [0.5, 0.6) is 0 Å². The van der Waals surface area contributed by atoms with Gasteiger partial charge in [-0.2, -0.15) is 16.8 Å². The smallest absolute Gasteiger partial charge is 0.323 e. The van der Waals surface area contributed by atoms with Gasteiger partial charge in [-0.05, 0) is 84.6 Å². The molecule has 0 radical (unpaired) electrons. The summed E-state index contributed by atoms with van der Waals surface area (Å²) in [4.78, 5) is 25.0. The zero-order chi connectivity index (χ0) is 35.2. The van der Waals surface area contributed by atoms with E-state index in [0.717, 1.165) is 11.1 Å². The van der Waals surface area contributed by atoms with E-state index >= 15 is 0 Å². The number of hydrogen-bond donors (Lipinski definition) is 8. The van der Waals surface area contributed by atoms with Crippen LogP contribution in [0.3, 0.4) is 0 Å². The molecule has 4 aromatic rings. The predicted molar refractivity (Wildman–Crippen MR) is 186 cm³/mol. The second kappa shape index (κ2) is 14.1. The molecular formula is C30H32N10O6S2. The molecule has 0 bridgehead atoms. The van der Waals surface area contributed by atoms with Crippen LogP contribution >= 0.6 is 0 Å². The molecule has 4 aromatic carbocycles. The molecule has 0 aliphatic heterocycles. The molecule has 0 saturated heterocycles. The Morgan fingerprint density at radius 1 is 0.521 bits per heavy atom. The highest BCUT2D eigenvalue weighted by atomic mass is 32.2. The summed E-state index contributed by atoms with van der Waals surface area (Å²) >= 11 is 0. The lowest BCUT2D eigenvalue weighted by Crippen LogP contribution is -2.25. The Kier molecular flexibility index (Phi) is 10.2. The van der Waals surface area contributed by atoms with E-state index in [1.54, 1.807) is 50.2 Å². The van der Waals surface area contributed by atoms with Crippen molar-refractivity contribution in [1.29, 1.82) is 0 Å². The summed E-state index contributed by atoms with van der Waals surface area (Å²) in [6, 6.07) is 20.6. The quantitative estimate of drug-likeness (QED) is 0.0936. The number of carbonyl (C=O) groups is 2. The molecule has 4 amide bonds. The number of hydrogen-bond acceptors (Lipinski definition) is 6. The standard InChI is InChI=1S/C30H32N10O6S2/c1-17-15-19(11-13-21(17)35-29(41)37-23-7-3-5-9-25(23)47(43,44)39-27(31)32)20-12-14-22(18(2)16-20)36-30(42)38-24-8-4-6-10-26(24)48(45,46)40-28(33)34/h3-16H,1-2H3,(H4,31,32,39)(H4,33,34,40)(H2,35,37,41)(H2,36,38,42). The molecular weight excluding hydrogens is 661 g/mol. The number of amides is 4. The minimum atomic E-state index is -4.26. The van der Waals surface area contributed by atoms with Gasteiger partial charge in [-0.3, -0.25) is 0 Å². The van der Waals surface area contributed by atoms with Crippen molar-refractivity contribution in [2.75, 3.05) is 21.3 Å². The first-order valence-electron chi connectivity index (χ1n) is 13.8. The Morgan fingerprint density at radius 3 is 1.19 bits per heavy atom. The number of urea groups is 2. The van der Waals surface area contributed by atoms with Crippen molar-refractivity contribution in [1.82, 2.24) is 0 Å². The molecule has 0 heterocycles. The average Bonchev–Trinajstić information content (AvgIpc) is 2.98. The fourth-order valence-electron chi connectivity index (χ4n) is 4.48. The zero-order valence-electron chi connectivity index (χ0n) is 25.6. The number of rotatable bonds is 9. The molecule has 0 saturated carbocycles. The first-order chi connectivity index (χ1) is 22.6. The summed E-state index contributed by atoms with van der Waals surface area (Å²) in [5, 5.41) is 10.4. The van der Waals surface area contributed by atoms with Gasteiger partial charge >= 0.3 is 12.1 Å². The van der Waals surface area contributed by atoms with E-state index in [4.69, 9.17) is 22.9 Å². The van der Waals surface area contributed by atoms with E-state index in [-0.39, 0.29) is 21.2 Å². The monoisotopic (exact) mass is 692 g/mol. The Bertz CT molecular complexity index is 2020. The topological polar surface area (TPSA) is 279 Å². The van der Waals surface area contributed by atoms with Crippen LogP contribution in [0.25, 0.3) is 11.1 Å². The van der Waals surface area contributed by atoms with Crippen LogP contribution in [0.4, 0.5) is 32.3 Å². The van der Waals surface area contributed by atoms with Gasteiger partial charge in [0.05, 0.1) is 11.4 Å². The van der Waals surface area contributed by atoms with Gasteiger partial charge in [0, 0.05) is 11.4 Å². The van der Waals surface area contributed by atoms with Gasteiger partial charge in [0.2, 0.25) is 11.9 Å². The Balaban J connectivity index is 1.46. The van der Waals surface area contributed by atoms with Gasteiger partial charge in [0.1, 0.15) is 9.79 Å². The predicted octanol–water partition coefficient (Wildman–Crippen LogP) is 3.18. The number of aryl methyl sites for hydroxylation is 2. The lowest BCUT2D eigenvalue weighted by molar-refractivity contribution is 0.261. The number of nitrogens with zero attached hydrogens (tertiary/aromatic N) is 2. The summed E-state index contributed by atoms with van der Waals surface area (Å²) in [7, 11) is -8.51. The van der Waals surface area contributed by atoms with Crippen LogP contribution in [-0.4, -0.2) is 40.8 Å². The van der Waals surface area contributed by atoms with E-state index in [1.807, 2.05) is 12.1 Å². The van der Waals surface area contributed by atoms with Crippen molar-refractivity contribution in [2.24, 2.45) is 31.7 Å². The second-order valence-electron chi connectivity index (χ2n) is 10.2. The van der Waals surface area contributed by atoms with E-state index < -0.39 is 44.0 Å². The maximum atomic E-state index is 12.8. The van der Waals surface area contributed by atoms with E-state index in [2.05, 4.69) is 30.1 Å². The molecule has 0 aromatic heterocycles. The van der Waals surface area contributed by atoms with Crippen LogP contribution in [0.1, 0.15) is 11.1 Å². The Labute approximate surface area is 276 Å². The molecule has 0 atom stereocenters. The number of benzene rings is 4. The summed E-state index contributed by atoms with van der Waals surface area (Å²) < 4.78 is 56.5. The molecule has 250 valence electrons. The first kappa shape index (κ1) is 34.7. The van der Waals surface area contributed by atoms with E-state index in [1.165, 1.54) is 36.4 Å². The first-order valence-corrected chi connectivity index (χ1v) is 16.7. The largest absolute Gasteiger partial charge is 0.369 e. The normalized spacial score (nSPS) is 11.1. The number of guanidine groups is 2. The number of nitrogens with one attached hydrogen (secondary N) is 4. The lowest BCUT2D eigenvalue weighted by Gasteiger charge is -2.15. The molecule has 48 heavy (non-hydrogen) atoms. The van der Waals surface area contributed by atoms with Crippen LogP contribution in [0, 0.1) is 13.8 Å². The van der Waals surface area contributed by atoms with Gasteiger partial charge in [-0.15, -0.1) is 8.80 Å². The third-order valence-electron chi connectivity index (χ3n) is 6.56. The highest BCUT2D eigenvalue weighted by molar-refractivity contribution is 7.90. The highest BCUT2D eigenvalue weighted by Gasteiger charge is 2.21. The molecule has 18 heteroatoms. The van der Waals surface area contributed by atoms with Crippen molar-refractivity contribution >= 4 is 66.8 Å². The molecule has 0 spiro atoms. The number of carbonyl (C=O) groups excluding carboxylic acids is 2. The number of para-hydroxylation sites is 2. The summed E-state index contributed by atoms with van der Waals surface area (Å²) in [5.74, 6) is -1.29. The molecule has 16 nitrogen and oxygen atoms in total. The lowest BCUT2D eigenvalue weighted by atomic mass is 10.00. The molecule has 0 aliphatic carbocycles. The van der Waals surface area contributed by atoms with Crippen molar-refractivity contribution in [3.63, 3.8) is 0 Å². The van der Waals surface area contributed by atoms with Crippen LogP contribution in [-0.2, 0) is 20.0 Å². The highest BCUT2D eigenvalue weighted by Crippen LogP contribution is 2.29. The van der Waals surface area contributed by atoms with Gasteiger partial charge in [-0.1, -0.05) is 36.4 Å². The summed E-state index contributed by atoms with van der Waals surface area (Å²) in [6.45, 7) is 3.57. The molecule has 0 unspecified atom stereocenters. The third-order valence-corrected chi connectivity index (χ3v) is 9.29. The maximum absolute atomic E-state index is 12.8. The molecule has 12 N–H and O–H groups in total. The van der Waals surface area contributed by atoms with Gasteiger partial charge < -0.3 is 44.2 Å². The molecule has 0 aliphatic rings. The SMILES string of the molecule is Cc1cc(-c2ccc(NC(=O)Nc3ccccc3S(=O)(=O)N=C(N)N)c(C)c2)ccc1NC(=O)Nc1ccccc1S(=O)(=O)N=C(N)N. The van der Waals surface area contributed by atoms with E-state index in [0.29, 0.717) is 22.5 Å². The van der Waals surface area contributed by atoms with Crippen molar-refractivity contribution in [3.8, 4) is 11.1 Å². The van der Waals surface area contributed by atoms with Crippen LogP contribution in [0.15, 0.2) is 104 Å². The minimum Gasteiger partial charge on any atom is -0.369 e. The number of sulfonamides is 2. The van der Waals surface area contributed by atoms with E-state index in [9.17, 15) is 26.4 Å². The second-order valence-corrected chi connectivity index (χ2v) is 13.3.